The average Bonchev–Trinajstić information content (AvgIpc) is 2.41. The summed E-state index contributed by atoms with van der Waals surface area (Å²) in [6, 6.07) is 3.04. The van der Waals surface area contributed by atoms with Gasteiger partial charge in [0.05, 0.1) is 6.04 Å². The van der Waals surface area contributed by atoms with E-state index in [1.165, 1.54) is 18.2 Å². The van der Waals surface area contributed by atoms with Crippen LogP contribution in [0.4, 0.5) is 8.78 Å². The highest BCUT2D eigenvalue weighted by atomic mass is 35.5. The summed E-state index contributed by atoms with van der Waals surface area (Å²) >= 11 is 0. The van der Waals surface area contributed by atoms with Gasteiger partial charge in [-0.3, -0.25) is 4.79 Å². The molecule has 0 radical (unpaired) electrons. The highest BCUT2D eigenvalue weighted by Gasteiger charge is 2.25. The third-order valence-electron chi connectivity index (χ3n) is 4.23. The van der Waals surface area contributed by atoms with Crippen molar-refractivity contribution in [1.29, 1.82) is 0 Å². The van der Waals surface area contributed by atoms with Gasteiger partial charge < -0.3 is 11.1 Å². The second-order valence-electron chi connectivity index (χ2n) is 5.84. The Kier molecular flexibility index (Phi) is 7.23. The van der Waals surface area contributed by atoms with E-state index in [0.717, 1.165) is 25.7 Å². The molecule has 22 heavy (non-hydrogen) atoms. The molecular formula is C16H23ClF2N2O. The van der Waals surface area contributed by atoms with Crippen LogP contribution in [0, 0.1) is 17.6 Å². The van der Waals surface area contributed by atoms with Crippen molar-refractivity contribution in [2.24, 2.45) is 11.7 Å². The summed E-state index contributed by atoms with van der Waals surface area (Å²) in [6.07, 6.45) is 4.40. The third-order valence-corrected chi connectivity index (χ3v) is 4.23. The van der Waals surface area contributed by atoms with Crippen LogP contribution in [-0.2, 0) is 4.79 Å². The van der Waals surface area contributed by atoms with Gasteiger partial charge in [0.1, 0.15) is 11.6 Å². The Balaban J connectivity index is 0.00000242. The van der Waals surface area contributed by atoms with Crippen molar-refractivity contribution in [2.45, 2.75) is 51.1 Å². The Bertz CT molecular complexity index is 493. The van der Waals surface area contributed by atoms with E-state index in [-0.39, 0.29) is 35.8 Å². The van der Waals surface area contributed by atoms with E-state index < -0.39 is 17.7 Å². The predicted octanol–water partition coefficient (Wildman–Crippen LogP) is 3.47. The lowest BCUT2D eigenvalue weighted by Crippen LogP contribution is -2.37. The second-order valence-corrected chi connectivity index (χ2v) is 5.84. The van der Waals surface area contributed by atoms with Crippen molar-refractivity contribution in [1.82, 2.24) is 5.32 Å². The number of carbonyl (C=O) groups excluding carboxylic acids is 1. The number of hydrogen-bond donors (Lipinski definition) is 2. The van der Waals surface area contributed by atoms with E-state index in [1.54, 1.807) is 6.92 Å². The van der Waals surface area contributed by atoms with Gasteiger partial charge in [-0.25, -0.2) is 8.78 Å². The molecule has 1 aromatic carbocycles. The molecule has 0 heterocycles. The Labute approximate surface area is 136 Å². The minimum Gasteiger partial charge on any atom is -0.349 e. The van der Waals surface area contributed by atoms with Crippen molar-refractivity contribution >= 4 is 18.3 Å². The maximum atomic E-state index is 13.7. The zero-order chi connectivity index (χ0) is 15.4. The maximum absolute atomic E-state index is 13.7. The Hall–Kier alpha value is -1.20. The Morgan fingerprint density at radius 2 is 1.91 bits per heavy atom. The molecule has 6 heteroatoms. The van der Waals surface area contributed by atoms with E-state index in [4.69, 9.17) is 5.73 Å². The van der Waals surface area contributed by atoms with Crippen LogP contribution >= 0.6 is 12.4 Å². The fourth-order valence-corrected chi connectivity index (χ4v) is 3.02. The lowest BCUT2D eigenvalue weighted by molar-refractivity contribution is -0.123. The van der Waals surface area contributed by atoms with Crippen LogP contribution in [0.5, 0.6) is 0 Å². The van der Waals surface area contributed by atoms with E-state index in [1.807, 2.05) is 0 Å². The topological polar surface area (TPSA) is 55.1 Å². The van der Waals surface area contributed by atoms with E-state index in [0.29, 0.717) is 6.42 Å². The minimum absolute atomic E-state index is 0. The molecule has 3 atom stereocenters. The highest BCUT2D eigenvalue weighted by Crippen LogP contribution is 2.26. The summed E-state index contributed by atoms with van der Waals surface area (Å²) in [5.74, 6) is -1.32. The van der Waals surface area contributed by atoms with Crippen molar-refractivity contribution in [2.75, 3.05) is 0 Å². The Morgan fingerprint density at radius 1 is 1.32 bits per heavy atom. The molecule has 124 valence electrons. The lowest BCUT2D eigenvalue weighted by atomic mass is 9.83. The number of halogens is 3. The first-order valence-corrected chi connectivity index (χ1v) is 7.48. The highest BCUT2D eigenvalue weighted by molar-refractivity contribution is 5.85. The maximum Gasteiger partial charge on any atom is 0.220 e. The van der Waals surface area contributed by atoms with Crippen molar-refractivity contribution in [3.8, 4) is 0 Å². The average molecular weight is 333 g/mol. The first-order chi connectivity index (χ1) is 9.99. The molecule has 3 nitrogen and oxygen atoms in total. The third kappa shape index (κ3) is 4.65. The zero-order valence-electron chi connectivity index (χ0n) is 12.6. The van der Waals surface area contributed by atoms with E-state index in [9.17, 15) is 13.6 Å². The molecule has 0 aliphatic heterocycles. The molecule has 3 N–H and O–H groups in total. The molecule has 3 unspecified atom stereocenters. The van der Waals surface area contributed by atoms with Crippen LogP contribution in [0.2, 0.25) is 0 Å². The second kappa shape index (κ2) is 8.44. The first-order valence-electron chi connectivity index (χ1n) is 7.48. The van der Waals surface area contributed by atoms with Crippen LogP contribution < -0.4 is 11.1 Å². The molecule has 1 fully saturated rings. The molecule has 1 aromatic rings. The number of rotatable bonds is 4. The van der Waals surface area contributed by atoms with Crippen LogP contribution in [0.3, 0.4) is 0 Å². The summed E-state index contributed by atoms with van der Waals surface area (Å²) in [5, 5.41) is 2.67. The molecule has 1 amide bonds. The van der Waals surface area contributed by atoms with Gasteiger partial charge in [0.2, 0.25) is 5.91 Å². The molecule has 1 saturated carbocycles. The van der Waals surface area contributed by atoms with Gasteiger partial charge in [0, 0.05) is 18.0 Å². The monoisotopic (exact) mass is 332 g/mol. The van der Waals surface area contributed by atoms with Crippen LogP contribution in [0.1, 0.15) is 50.6 Å². The number of benzene rings is 1. The number of hydrogen-bond acceptors (Lipinski definition) is 2. The summed E-state index contributed by atoms with van der Waals surface area (Å²) in [6.45, 7) is 1.58. The summed E-state index contributed by atoms with van der Waals surface area (Å²) in [7, 11) is 0. The lowest BCUT2D eigenvalue weighted by Gasteiger charge is -2.28. The van der Waals surface area contributed by atoms with Gasteiger partial charge in [-0.05, 0) is 37.8 Å². The number of nitrogens with two attached hydrogens (primary N) is 1. The van der Waals surface area contributed by atoms with Crippen molar-refractivity contribution in [3.63, 3.8) is 0 Å². The van der Waals surface area contributed by atoms with Gasteiger partial charge in [0.25, 0.3) is 0 Å². The molecule has 0 bridgehead atoms. The summed E-state index contributed by atoms with van der Waals surface area (Å²) < 4.78 is 27.3. The largest absolute Gasteiger partial charge is 0.349 e. The van der Waals surface area contributed by atoms with Crippen molar-refractivity contribution < 1.29 is 13.6 Å². The fraction of sp³-hybridized carbons (Fsp3) is 0.562. The van der Waals surface area contributed by atoms with E-state index in [2.05, 4.69) is 5.32 Å². The number of amides is 1. The molecule has 0 saturated heterocycles. The quantitative estimate of drug-likeness (QED) is 0.887. The predicted molar refractivity (Wildman–Crippen MR) is 84.7 cm³/mol. The number of carbonyl (C=O) groups is 1. The van der Waals surface area contributed by atoms with Crippen molar-refractivity contribution in [3.05, 3.63) is 35.4 Å². The molecule has 0 spiro atoms. The van der Waals surface area contributed by atoms with Crippen LogP contribution in [0.25, 0.3) is 0 Å². The van der Waals surface area contributed by atoms with Gasteiger partial charge >= 0.3 is 0 Å². The normalized spacial score (nSPS) is 22.5. The minimum atomic E-state index is -0.696. The standard InChI is InChI=1S/C16H22F2N2O.ClH/c1-10(16-12(17)6-4-7-13(16)18)20-15(21)9-11-5-2-3-8-14(11)19;/h4,6-7,10-11,14H,2-3,5,8-9,19H2,1H3,(H,20,21);1H. The van der Waals surface area contributed by atoms with Gasteiger partial charge in [-0.1, -0.05) is 18.9 Å². The molecule has 2 rings (SSSR count). The van der Waals surface area contributed by atoms with Crippen LogP contribution in [0.15, 0.2) is 18.2 Å². The Morgan fingerprint density at radius 3 is 2.50 bits per heavy atom. The van der Waals surface area contributed by atoms with Gasteiger partial charge in [0.15, 0.2) is 0 Å². The van der Waals surface area contributed by atoms with Gasteiger partial charge in [-0.2, -0.15) is 0 Å². The van der Waals surface area contributed by atoms with Crippen LogP contribution in [-0.4, -0.2) is 11.9 Å². The molecule has 0 aromatic heterocycles. The molecule has 1 aliphatic rings. The molecular weight excluding hydrogens is 310 g/mol. The SMILES string of the molecule is CC(NC(=O)CC1CCCCC1N)c1c(F)cccc1F.Cl. The number of nitrogens with one attached hydrogen (secondary N) is 1. The first kappa shape index (κ1) is 18.8. The van der Waals surface area contributed by atoms with E-state index >= 15 is 0 Å². The smallest absolute Gasteiger partial charge is 0.220 e. The molecule has 1 aliphatic carbocycles. The fourth-order valence-electron chi connectivity index (χ4n) is 3.02. The zero-order valence-corrected chi connectivity index (χ0v) is 13.5. The summed E-state index contributed by atoms with van der Waals surface area (Å²) in [4.78, 5) is 12.1. The summed E-state index contributed by atoms with van der Waals surface area (Å²) in [5.41, 5.74) is 5.92. The van der Waals surface area contributed by atoms with Gasteiger partial charge in [-0.15, -0.1) is 12.4 Å².